The molecule has 0 bridgehead atoms. The Morgan fingerprint density at radius 1 is 0.912 bits per heavy atom. The number of aromatic nitrogens is 2. The quantitative estimate of drug-likeness (QED) is 0.273. The van der Waals surface area contributed by atoms with Crippen LogP contribution in [0.25, 0.3) is 16.6 Å². The maximum absolute atomic E-state index is 13.4. The second-order valence-corrected chi connectivity index (χ2v) is 7.65. The minimum Gasteiger partial charge on any atom is -0.490 e. The van der Waals surface area contributed by atoms with Crippen LogP contribution in [0.4, 0.5) is 0 Å². The van der Waals surface area contributed by atoms with Crippen LogP contribution in [-0.4, -0.2) is 22.1 Å². The summed E-state index contributed by atoms with van der Waals surface area (Å²) in [6.07, 6.45) is 0.207. The highest BCUT2D eigenvalue weighted by Crippen LogP contribution is 2.38. The van der Waals surface area contributed by atoms with Gasteiger partial charge in [0.15, 0.2) is 17.3 Å². The highest BCUT2D eigenvalue weighted by molar-refractivity contribution is 5.78. The number of hydrogen-bond acceptors (Lipinski definition) is 6. The topological polar surface area (TPSA) is 79.7 Å². The van der Waals surface area contributed by atoms with Crippen LogP contribution in [0, 0.1) is 6.92 Å². The molecule has 0 aliphatic rings. The highest BCUT2D eigenvalue weighted by atomic mass is 16.6. The van der Waals surface area contributed by atoms with Crippen molar-refractivity contribution >= 4 is 16.9 Å². The van der Waals surface area contributed by atoms with Gasteiger partial charge >= 0.3 is 5.97 Å². The molecule has 0 saturated heterocycles. The van der Waals surface area contributed by atoms with Crippen LogP contribution >= 0.6 is 0 Å². The summed E-state index contributed by atoms with van der Waals surface area (Å²) in [6, 6.07) is 20.0. The normalized spacial score (nSPS) is 10.8. The predicted octanol–water partition coefficient (Wildman–Crippen LogP) is 4.99. The van der Waals surface area contributed by atoms with Crippen molar-refractivity contribution in [1.82, 2.24) is 9.55 Å². The molecule has 4 rings (SSSR count). The first-order chi connectivity index (χ1) is 16.5. The largest absolute Gasteiger partial charge is 0.490 e. The SMILES string of the molecule is CCOc1cccc(OCc2nc3ccccc3c(=O)n2-c2ccc(C)cc2)c1OC(=O)CC. The van der Waals surface area contributed by atoms with E-state index in [4.69, 9.17) is 19.2 Å². The van der Waals surface area contributed by atoms with Crippen LogP contribution in [-0.2, 0) is 11.4 Å². The van der Waals surface area contributed by atoms with Gasteiger partial charge in [-0.05, 0) is 50.2 Å². The van der Waals surface area contributed by atoms with E-state index in [0.29, 0.717) is 40.5 Å². The van der Waals surface area contributed by atoms with Gasteiger partial charge < -0.3 is 14.2 Å². The second-order valence-electron chi connectivity index (χ2n) is 7.65. The van der Waals surface area contributed by atoms with Gasteiger partial charge in [0.25, 0.3) is 5.56 Å². The fraction of sp³-hybridized carbons (Fsp3) is 0.222. The molecule has 0 amide bonds. The third-order valence-electron chi connectivity index (χ3n) is 5.24. The number of esters is 1. The fourth-order valence-corrected chi connectivity index (χ4v) is 3.54. The summed E-state index contributed by atoms with van der Waals surface area (Å²) in [6.45, 7) is 5.92. The van der Waals surface area contributed by atoms with Crippen LogP contribution < -0.4 is 19.8 Å². The van der Waals surface area contributed by atoms with E-state index >= 15 is 0 Å². The molecular weight excluding hydrogens is 432 g/mol. The molecule has 4 aromatic rings. The van der Waals surface area contributed by atoms with Gasteiger partial charge in [0.05, 0.1) is 23.2 Å². The minimum atomic E-state index is -0.405. The molecule has 7 heteroatoms. The summed E-state index contributed by atoms with van der Waals surface area (Å²) in [4.78, 5) is 30.2. The average molecular weight is 459 g/mol. The van der Waals surface area contributed by atoms with E-state index in [1.807, 2.05) is 50.2 Å². The first-order valence-electron chi connectivity index (χ1n) is 11.2. The number of para-hydroxylation sites is 2. The van der Waals surface area contributed by atoms with Gasteiger partial charge in [-0.2, -0.15) is 0 Å². The molecule has 0 N–H and O–H groups in total. The summed E-state index contributed by atoms with van der Waals surface area (Å²) < 4.78 is 18.8. The number of ether oxygens (including phenoxy) is 3. The van der Waals surface area contributed by atoms with E-state index in [0.717, 1.165) is 5.56 Å². The van der Waals surface area contributed by atoms with Crippen LogP contribution in [0.5, 0.6) is 17.2 Å². The zero-order valence-corrected chi connectivity index (χ0v) is 19.4. The Bertz CT molecular complexity index is 1380. The molecule has 0 saturated carbocycles. The Morgan fingerprint density at radius 2 is 1.62 bits per heavy atom. The second kappa shape index (κ2) is 10.2. The van der Waals surface area contributed by atoms with Crippen molar-refractivity contribution in [2.75, 3.05) is 6.61 Å². The minimum absolute atomic E-state index is 0.0276. The van der Waals surface area contributed by atoms with Crippen molar-refractivity contribution in [2.24, 2.45) is 0 Å². The van der Waals surface area contributed by atoms with E-state index in [2.05, 4.69) is 0 Å². The molecule has 0 radical (unpaired) electrons. The van der Waals surface area contributed by atoms with Gasteiger partial charge in [0, 0.05) is 6.42 Å². The zero-order chi connectivity index (χ0) is 24.1. The number of benzene rings is 3. The van der Waals surface area contributed by atoms with Gasteiger partial charge in [-0.3, -0.25) is 14.2 Å². The molecule has 7 nitrogen and oxygen atoms in total. The van der Waals surface area contributed by atoms with Gasteiger partial charge in [-0.25, -0.2) is 4.98 Å². The first kappa shape index (κ1) is 23.0. The van der Waals surface area contributed by atoms with Gasteiger partial charge in [-0.15, -0.1) is 0 Å². The number of aryl methyl sites for hydroxylation is 1. The third kappa shape index (κ3) is 4.78. The Morgan fingerprint density at radius 3 is 2.32 bits per heavy atom. The van der Waals surface area contributed by atoms with Crippen LogP contribution in [0.3, 0.4) is 0 Å². The Labute approximate surface area is 197 Å². The summed E-state index contributed by atoms with van der Waals surface area (Å²) in [7, 11) is 0. The molecule has 0 aliphatic heterocycles. The molecule has 0 unspecified atom stereocenters. The molecule has 0 aliphatic carbocycles. The lowest BCUT2D eigenvalue weighted by Crippen LogP contribution is -2.25. The van der Waals surface area contributed by atoms with Crippen molar-refractivity contribution in [3.8, 4) is 22.9 Å². The molecule has 1 heterocycles. The number of carbonyl (C=O) groups excluding carboxylic acids is 1. The van der Waals surface area contributed by atoms with Crippen LogP contribution in [0.15, 0.2) is 71.5 Å². The molecule has 3 aromatic carbocycles. The van der Waals surface area contributed by atoms with Crippen molar-refractivity contribution in [3.63, 3.8) is 0 Å². The maximum atomic E-state index is 13.4. The van der Waals surface area contributed by atoms with E-state index in [9.17, 15) is 9.59 Å². The molecule has 1 aromatic heterocycles. The monoisotopic (exact) mass is 458 g/mol. The number of hydrogen-bond donors (Lipinski definition) is 0. The Balaban J connectivity index is 1.78. The summed E-state index contributed by atoms with van der Waals surface area (Å²) in [5.74, 6) is 0.954. The molecule has 174 valence electrons. The number of fused-ring (bicyclic) bond motifs is 1. The standard InChI is InChI=1S/C27H26N2O5/c1-4-25(30)34-26-22(32-5-2)11-8-12-23(26)33-17-24-28-21-10-7-6-9-20(21)27(31)29(24)19-15-13-18(3)14-16-19/h6-16H,4-5,17H2,1-3H3. The van der Waals surface area contributed by atoms with Gasteiger partial charge in [0.2, 0.25) is 5.75 Å². The smallest absolute Gasteiger partial charge is 0.311 e. The lowest BCUT2D eigenvalue weighted by atomic mass is 10.2. The molecule has 0 spiro atoms. The van der Waals surface area contributed by atoms with E-state index in [-0.39, 0.29) is 24.3 Å². The summed E-state index contributed by atoms with van der Waals surface area (Å²) in [5.41, 5.74) is 2.16. The first-order valence-corrected chi connectivity index (χ1v) is 11.2. The molecular formula is C27H26N2O5. The zero-order valence-electron chi connectivity index (χ0n) is 19.4. The summed E-state index contributed by atoms with van der Waals surface area (Å²) >= 11 is 0. The van der Waals surface area contributed by atoms with Crippen molar-refractivity contribution in [2.45, 2.75) is 33.8 Å². The number of carbonyl (C=O) groups is 1. The Kier molecular flexibility index (Phi) is 6.92. The van der Waals surface area contributed by atoms with Crippen LogP contribution in [0.1, 0.15) is 31.7 Å². The number of rotatable bonds is 8. The van der Waals surface area contributed by atoms with Gasteiger partial charge in [0.1, 0.15) is 6.61 Å². The van der Waals surface area contributed by atoms with Crippen molar-refractivity contribution < 1.29 is 19.0 Å². The van der Waals surface area contributed by atoms with Crippen molar-refractivity contribution in [1.29, 1.82) is 0 Å². The molecule has 0 atom stereocenters. The average Bonchev–Trinajstić information content (AvgIpc) is 2.85. The van der Waals surface area contributed by atoms with Gasteiger partial charge in [-0.1, -0.05) is 42.8 Å². The third-order valence-corrected chi connectivity index (χ3v) is 5.24. The molecule has 0 fully saturated rings. The lowest BCUT2D eigenvalue weighted by molar-refractivity contribution is -0.134. The fourth-order valence-electron chi connectivity index (χ4n) is 3.54. The highest BCUT2D eigenvalue weighted by Gasteiger charge is 2.18. The Hall–Kier alpha value is -4.13. The van der Waals surface area contributed by atoms with E-state index in [1.54, 1.807) is 41.8 Å². The lowest BCUT2D eigenvalue weighted by Gasteiger charge is -2.17. The molecule has 34 heavy (non-hydrogen) atoms. The summed E-state index contributed by atoms with van der Waals surface area (Å²) in [5, 5.41) is 0.516. The van der Waals surface area contributed by atoms with E-state index in [1.165, 1.54) is 0 Å². The van der Waals surface area contributed by atoms with E-state index < -0.39 is 5.97 Å². The van der Waals surface area contributed by atoms with Crippen molar-refractivity contribution in [3.05, 3.63) is 88.5 Å². The maximum Gasteiger partial charge on any atom is 0.311 e. The predicted molar refractivity (Wildman–Crippen MR) is 130 cm³/mol. The van der Waals surface area contributed by atoms with Crippen LogP contribution in [0.2, 0.25) is 0 Å². The number of nitrogens with zero attached hydrogens (tertiary/aromatic N) is 2.